The third-order valence-corrected chi connectivity index (χ3v) is 4.18. The van der Waals surface area contributed by atoms with Crippen LogP contribution in [0.5, 0.6) is 0 Å². The molecule has 1 N–H and O–H groups in total. The summed E-state index contributed by atoms with van der Waals surface area (Å²) >= 11 is 0. The summed E-state index contributed by atoms with van der Waals surface area (Å²) < 4.78 is 0. The lowest BCUT2D eigenvalue weighted by Gasteiger charge is -2.18. The van der Waals surface area contributed by atoms with Gasteiger partial charge in [0.2, 0.25) is 5.60 Å². The number of hydrogen-bond acceptors (Lipinski definition) is 1. The van der Waals surface area contributed by atoms with Gasteiger partial charge in [-0.05, 0) is 0 Å². The van der Waals surface area contributed by atoms with Crippen molar-refractivity contribution in [2.24, 2.45) is 0 Å². The van der Waals surface area contributed by atoms with Crippen LogP contribution in [0.2, 0.25) is 39.3 Å². The maximum atomic E-state index is 10.9. The van der Waals surface area contributed by atoms with E-state index >= 15 is 0 Å². The molecule has 0 heterocycles. The van der Waals surface area contributed by atoms with Crippen LogP contribution in [0.25, 0.3) is 0 Å². The number of benzene rings is 1. The molecule has 0 fully saturated rings. The van der Waals surface area contributed by atoms with Crippen LogP contribution < -0.4 is 0 Å². The van der Waals surface area contributed by atoms with E-state index in [9.17, 15) is 5.11 Å². The maximum absolute atomic E-state index is 10.9. The SMILES string of the molecule is C[Si](C)(C)C#CC(O)(C#C[Si](C)(C)C)c1ccccc1. The van der Waals surface area contributed by atoms with Crippen molar-refractivity contribution in [3.63, 3.8) is 0 Å². The second kappa shape index (κ2) is 6.01. The fourth-order valence-electron chi connectivity index (χ4n) is 1.41. The molecule has 0 saturated heterocycles. The average Bonchev–Trinajstić information content (AvgIpc) is 2.33. The zero-order chi connectivity index (χ0) is 15.4. The molecule has 0 aromatic heterocycles. The van der Waals surface area contributed by atoms with Crippen LogP contribution >= 0.6 is 0 Å². The molecule has 106 valence electrons. The minimum atomic E-state index is -1.55. The third kappa shape index (κ3) is 5.80. The monoisotopic (exact) mass is 300 g/mol. The molecule has 0 radical (unpaired) electrons. The lowest BCUT2D eigenvalue weighted by atomic mass is 9.96. The van der Waals surface area contributed by atoms with Gasteiger partial charge in [-0.1, -0.05) is 81.5 Å². The molecule has 0 aliphatic carbocycles. The minimum Gasteiger partial charge on any atom is -0.364 e. The molecule has 1 nitrogen and oxygen atoms in total. The Morgan fingerprint density at radius 3 is 1.55 bits per heavy atom. The molecule has 0 amide bonds. The molecular formula is C17H24OSi2. The van der Waals surface area contributed by atoms with E-state index in [-0.39, 0.29) is 0 Å². The highest BCUT2D eigenvalue weighted by molar-refractivity contribution is 6.84. The summed E-state index contributed by atoms with van der Waals surface area (Å²) in [6.45, 7) is 13.0. The van der Waals surface area contributed by atoms with Crippen LogP contribution in [0.3, 0.4) is 0 Å². The normalized spacial score (nSPS) is 11.9. The van der Waals surface area contributed by atoms with Crippen molar-refractivity contribution in [1.29, 1.82) is 0 Å². The van der Waals surface area contributed by atoms with E-state index in [1.807, 2.05) is 30.3 Å². The molecule has 0 bridgehead atoms. The fraction of sp³-hybridized carbons (Fsp3) is 0.412. The smallest absolute Gasteiger partial charge is 0.212 e. The van der Waals surface area contributed by atoms with Gasteiger partial charge < -0.3 is 5.11 Å². The first-order chi connectivity index (χ1) is 9.02. The van der Waals surface area contributed by atoms with Crippen LogP contribution in [0, 0.1) is 22.9 Å². The first kappa shape index (κ1) is 16.8. The molecule has 0 atom stereocenters. The van der Waals surface area contributed by atoms with Gasteiger partial charge in [-0.15, -0.1) is 11.1 Å². The summed E-state index contributed by atoms with van der Waals surface area (Å²) in [6, 6.07) is 9.52. The Hall–Kier alpha value is -1.27. The summed E-state index contributed by atoms with van der Waals surface area (Å²) in [5.41, 5.74) is 5.91. The summed E-state index contributed by atoms with van der Waals surface area (Å²) in [4.78, 5) is 0. The summed E-state index contributed by atoms with van der Waals surface area (Å²) in [5.74, 6) is 6.08. The van der Waals surface area contributed by atoms with Gasteiger partial charge in [-0.2, -0.15) is 0 Å². The van der Waals surface area contributed by atoms with E-state index < -0.39 is 21.7 Å². The van der Waals surface area contributed by atoms with Crippen molar-refractivity contribution in [2.75, 3.05) is 0 Å². The first-order valence-corrected chi connectivity index (χ1v) is 13.9. The van der Waals surface area contributed by atoms with Crippen LogP contribution in [0.4, 0.5) is 0 Å². The van der Waals surface area contributed by atoms with Crippen LogP contribution in [-0.2, 0) is 5.60 Å². The van der Waals surface area contributed by atoms with Crippen molar-refractivity contribution >= 4 is 16.1 Å². The Morgan fingerprint density at radius 2 is 1.20 bits per heavy atom. The van der Waals surface area contributed by atoms with Crippen LogP contribution in [0.15, 0.2) is 30.3 Å². The van der Waals surface area contributed by atoms with E-state index in [1.165, 1.54) is 0 Å². The van der Waals surface area contributed by atoms with Gasteiger partial charge in [0.1, 0.15) is 16.1 Å². The van der Waals surface area contributed by atoms with Crippen LogP contribution in [0.1, 0.15) is 5.56 Å². The molecule has 3 heteroatoms. The van der Waals surface area contributed by atoms with Gasteiger partial charge in [-0.3, -0.25) is 0 Å². The molecule has 0 unspecified atom stereocenters. The highest BCUT2D eigenvalue weighted by atomic mass is 28.3. The van der Waals surface area contributed by atoms with E-state index in [4.69, 9.17) is 0 Å². The minimum absolute atomic E-state index is 0.761. The molecule has 1 aromatic rings. The number of rotatable bonds is 1. The number of aliphatic hydroxyl groups is 1. The van der Waals surface area contributed by atoms with Crippen molar-refractivity contribution in [1.82, 2.24) is 0 Å². The standard InChI is InChI=1S/C17H24OSi2/c1-19(2,3)14-12-17(18,13-15-20(4,5)6)16-10-8-7-9-11-16/h7-11,18H,1-6H3. The lowest BCUT2D eigenvalue weighted by Crippen LogP contribution is -2.26. The quantitative estimate of drug-likeness (QED) is 0.620. The molecule has 0 spiro atoms. The van der Waals surface area contributed by atoms with Gasteiger partial charge in [0.05, 0.1) is 0 Å². The molecule has 1 rings (SSSR count). The molecule has 0 aliphatic rings. The lowest BCUT2D eigenvalue weighted by molar-refractivity contribution is 0.165. The average molecular weight is 301 g/mol. The van der Waals surface area contributed by atoms with Gasteiger partial charge in [0.25, 0.3) is 0 Å². The van der Waals surface area contributed by atoms with Crippen molar-refractivity contribution in [2.45, 2.75) is 44.9 Å². The molecule has 1 aromatic carbocycles. The Kier molecular flexibility index (Phi) is 5.05. The summed E-state index contributed by atoms with van der Waals surface area (Å²) in [5, 5.41) is 10.9. The Bertz CT molecular complexity index is 537. The van der Waals surface area contributed by atoms with E-state index in [1.54, 1.807) is 0 Å². The summed E-state index contributed by atoms with van der Waals surface area (Å²) in [6.07, 6.45) is 0. The predicted octanol–water partition coefficient (Wildman–Crippen LogP) is 3.64. The van der Waals surface area contributed by atoms with Crippen molar-refractivity contribution in [3.05, 3.63) is 35.9 Å². The van der Waals surface area contributed by atoms with Gasteiger partial charge in [0, 0.05) is 5.56 Å². The largest absolute Gasteiger partial charge is 0.364 e. The molecule has 0 aliphatic heterocycles. The molecule has 0 saturated carbocycles. The third-order valence-electron chi connectivity index (χ3n) is 2.43. The molecular weight excluding hydrogens is 276 g/mol. The Labute approximate surface area is 125 Å². The van der Waals surface area contributed by atoms with Crippen LogP contribution in [-0.4, -0.2) is 21.3 Å². The second-order valence-corrected chi connectivity index (χ2v) is 16.6. The highest BCUT2D eigenvalue weighted by Gasteiger charge is 2.25. The highest BCUT2D eigenvalue weighted by Crippen LogP contribution is 2.20. The zero-order valence-electron chi connectivity index (χ0n) is 13.3. The first-order valence-electron chi connectivity index (χ1n) is 6.88. The van der Waals surface area contributed by atoms with E-state index in [0.717, 1.165) is 5.56 Å². The Balaban J connectivity index is 3.33. The number of hydrogen-bond donors (Lipinski definition) is 1. The fourth-order valence-corrected chi connectivity index (χ4v) is 2.52. The van der Waals surface area contributed by atoms with Crippen molar-refractivity contribution < 1.29 is 5.11 Å². The summed E-state index contributed by atoms with van der Waals surface area (Å²) in [7, 11) is -3.10. The van der Waals surface area contributed by atoms with Crippen molar-refractivity contribution in [3.8, 4) is 22.9 Å². The maximum Gasteiger partial charge on any atom is 0.212 e. The van der Waals surface area contributed by atoms with E-state index in [0.29, 0.717) is 0 Å². The van der Waals surface area contributed by atoms with Gasteiger partial charge in [-0.25, -0.2) is 0 Å². The molecule has 20 heavy (non-hydrogen) atoms. The van der Waals surface area contributed by atoms with E-state index in [2.05, 4.69) is 62.2 Å². The zero-order valence-corrected chi connectivity index (χ0v) is 15.3. The topological polar surface area (TPSA) is 20.2 Å². The Morgan fingerprint density at radius 1 is 0.800 bits per heavy atom. The predicted molar refractivity (Wildman–Crippen MR) is 92.6 cm³/mol. The van der Waals surface area contributed by atoms with Gasteiger partial charge in [0.15, 0.2) is 0 Å². The second-order valence-electron chi connectivity index (χ2n) is 7.08. The van der Waals surface area contributed by atoms with Gasteiger partial charge >= 0.3 is 0 Å².